The first-order chi connectivity index (χ1) is 9.07. The van der Waals surface area contributed by atoms with Gasteiger partial charge in [0.1, 0.15) is 17.4 Å². The number of aldehydes is 1. The molecule has 0 heterocycles. The summed E-state index contributed by atoms with van der Waals surface area (Å²) in [5.74, 6) is 0. The molecule has 0 radical (unpaired) electrons. The molecule has 0 aliphatic carbocycles. The number of halogens is 1. The van der Waals surface area contributed by atoms with Crippen LogP contribution in [0.4, 0.5) is 4.79 Å². The van der Waals surface area contributed by atoms with Crippen LogP contribution < -0.4 is 5.32 Å². The van der Waals surface area contributed by atoms with E-state index >= 15 is 0 Å². The van der Waals surface area contributed by atoms with E-state index in [0.29, 0.717) is 16.9 Å². The first-order valence-corrected chi connectivity index (χ1v) is 6.69. The van der Waals surface area contributed by atoms with Crippen molar-refractivity contribution in [3.05, 3.63) is 34.3 Å². The normalized spacial score (nSPS) is 14.3. The molecule has 0 aliphatic heterocycles. The van der Waals surface area contributed by atoms with E-state index in [9.17, 15) is 9.59 Å². The number of aryl methyl sites for hydroxylation is 1. The van der Waals surface area contributed by atoms with Crippen LogP contribution in [0.5, 0.6) is 0 Å². The smallest absolute Gasteiger partial charge is 0.408 e. The molecule has 0 fully saturated rings. The average molecular weight is 298 g/mol. The van der Waals surface area contributed by atoms with E-state index < -0.39 is 17.2 Å². The second-order valence-corrected chi connectivity index (χ2v) is 6.32. The van der Waals surface area contributed by atoms with Crippen LogP contribution in [0.3, 0.4) is 0 Å². The number of carbonyl (C=O) groups is 2. The summed E-state index contributed by atoms with van der Waals surface area (Å²) >= 11 is 5.97. The number of rotatable bonds is 3. The van der Waals surface area contributed by atoms with Crippen molar-refractivity contribution in [1.29, 1.82) is 0 Å². The summed E-state index contributed by atoms with van der Waals surface area (Å²) in [5.41, 5.74) is -0.287. The molecule has 0 spiro atoms. The van der Waals surface area contributed by atoms with E-state index in [-0.39, 0.29) is 0 Å². The van der Waals surface area contributed by atoms with Gasteiger partial charge in [-0.3, -0.25) is 0 Å². The Bertz CT molecular complexity index is 522. The highest BCUT2D eigenvalue weighted by Gasteiger charge is 2.30. The molecular weight excluding hydrogens is 278 g/mol. The molecule has 1 rings (SSSR count). The minimum atomic E-state index is -1.16. The SMILES string of the molecule is Cc1cc(C(C)(C=O)NC(=O)OC(C)(C)C)ccc1Cl. The minimum Gasteiger partial charge on any atom is -0.444 e. The van der Waals surface area contributed by atoms with Crippen LogP contribution in [0.25, 0.3) is 0 Å². The van der Waals surface area contributed by atoms with Gasteiger partial charge in [-0.25, -0.2) is 4.79 Å². The van der Waals surface area contributed by atoms with Gasteiger partial charge in [0.05, 0.1) is 0 Å². The molecule has 1 unspecified atom stereocenters. The third kappa shape index (κ3) is 4.23. The van der Waals surface area contributed by atoms with Crippen LogP contribution in [-0.2, 0) is 15.1 Å². The van der Waals surface area contributed by atoms with Gasteiger partial charge in [-0.2, -0.15) is 0 Å². The number of alkyl carbamates (subject to hydrolysis) is 1. The zero-order chi connectivity index (χ0) is 15.6. The Morgan fingerprint density at radius 1 is 1.30 bits per heavy atom. The number of ether oxygens (including phenoxy) is 1. The highest BCUT2D eigenvalue weighted by atomic mass is 35.5. The zero-order valence-electron chi connectivity index (χ0n) is 12.4. The lowest BCUT2D eigenvalue weighted by Gasteiger charge is -2.28. The highest BCUT2D eigenvalue weighted by Crippen LogP contribution is 2.24. The van der Waals surface area contributed by atoms with Crippen molar-refractivity contribution in [2.24, 2.45) is 0 Å². The monoisotopic (exact) mass is 297 g/mol. The number of amides is 1. The van der Waals surface area contributed by atoms with Crippen molar-refractivity contribution in [2.75, 3.05) is 0 Å². The second-order valence-electron chi connectivity index (χ2n) is 5.91. The van der Waals surface area contributed by atoms with Gasteiger partial charge in [0.2, 0.25) is 0 Å². The maximum atomic E-state index is 11.8. The topological polar surface area (TPSA) is 55.4 Å². The third-order valence-electron chi connectivity index (χ3n) is 2.75. The van der Waals surface area contributed by atoms with E-state index in [2.05, 4.69) is 5.32 Å². The Morgan fingerprint density at radius 2 is 1.90 bits per heavy atom. The van der Waals surface area contributed by atoms with Crippen LogP contribution >= 0.6 is 11.6 Å². The Hall–Kier alpha value is -1.55. The summed E-state index contributed by atoms with van der Waals surface area (Å²) in [6, 6.07) is 5.18. The first-order valence-electron chi connectivity index (χ1n) is 6.31. The van der Waals surface area contributed by atoms with Gasteiger partial charge in [0, 0.05) is 5.02 Å². The Kier molecular flexibility index (Phi) is 4.81. The lowest BCUT2D eigenvalue weighted by molar-refractivity contribution is -0.113. The van der Waals surface area contributed by atoms with Gasteiger partial charge >= 0.3 is 6.09 Å². The fraction of sp³-hybridized carbons (Fsp3) is 0.467. The molecule has 5 heteroatoms. The van der Waals surface area contributed by atoms with Crippen LogP contribution in [-0.4, -0.2) is 18.0 Å². The van der Waals surface area contributed by atoms with Gasteiger partial charge in [0.25, 0.3) is 0 Å². The van der Waals surface area contributed by atoms with Gasteiger partial charge in [-0.05, 0) is 51.8 Å². The summed E-state index contributed by atoms with van der Waals surface area (Å²) in [5, 5.41) is 3.20. The summed E-state index contributed by atoms with van der Waals surface area (Å²) < 4.78 is 5.18. The highest BCUT2D eigenvalue weighted by molar-refractivity contribution is 6.31. The maximum Gasteiger partial charge on any atom is 0.408 e. The average Bonchev–Trinajstić information content (AvgIpc) is 2.29. The second kappa shape index (κ2) is 5.83. The van der Waals surface area contributed by atoms with Gasteiger partial charge in [-0.15, -0.1) is 0 Å². The molecule has 1 atom stereocenters. The Balaban J connectivity index is 2.99. The Morgan fingerprint density at radius 3 is 2.35 bits per heavy atom. The number of nitrogens with one attached hydrogen (secondary N) is 1. The lowest BCUT2D eigenvalue weighted by Crippen LogP contribution is -2.47. The summed E-state index contributed by atoms with van der Waals surface area (Å²) in [6.07, 6.45) is 0.0410. The van der Waals surface area contributed by atoms with Crippen molar-refractivity contribution in [2.45, 2.75) is 45.8 Å². The molecule has 1 aromatic carbocycles. The predicted octanol–water partition coefficient (Wildman–Crippen LogP) is 3.59. The molecule has 20 heavy (non-hydrogen) atoms. The van der Waals surface area contributed by atoms with Gasteiger partial charge in [-0.1, -0.05) is 23.7 Å². The molecule has 0 aromatic heterocycles. The van der Waals surface area contributed by atoms with Crippen LogP contribution in [0.2, 0.25) is 5.02 Å². The largest absolute Gasteiger partial charge is 0.444 e. The molecule has 1 aromatic rings. The van der Waals surface area contributed by atoms with Gasteiger partial charge < -0.3 is 14.8 Å². The van der Waals surface area contributed by atoms with E-state index in [1.54, 1.807) is 45.9 Å². The first kappa shape index (κ1) is 16.5. The molecule has 0 aliphatic rings. The van der Waals surface area contributed by atoms with Crippen molar-refractivity contribution >= 4 is 24.0 Å². The molecule has 4 nitrogen and oxygen atoms in total. The summed E-state index contributed by atoms with van der Waals surface area (Å²) in [6.45, 7) is 8.74. The number of hydrogen-bond donors (Lipinski definition) is 1. The molecule has 1 amide bonds. The molecule has 0 bridgehead atoms. The van der Waals surface area contributed by atoms with E-state index in [1.165, 1.54) is 0 Å². The van der Waals surface area contributed by atoms with Crippen LogP contribution in [0.15, 0.2) is 18.2 Å². The minimum absolute atomic E-state index is 0.610. The molecule has 0 saturated heterocycles. The van der Waals surface area contributed by atoms with Crippen molar-refractivity contribution in [1.82, 2.24) is 5.32 Å². The van der Waals surface area contributed by atoms with Crippen molar-refractivity contribution < 1.29 is 14.3 Å². The predicted molar refractivity (Wildman–Crippen MR) is 79.0 cm³/mol. The number of benzene rings is 1. The van der Waals surface area contributed by atoms with Crippen molar-refractivity contribution in [3.63, 3.8) is 0 Å². The Labute approximate surface area is 124 Å². The zero-order valence-corrected chi connectivity index (χ0v) is 13.2. The molecule has 110 valence electrons. The fourth-order valence-electron chi connectivity index (χ4n) is 1.65. The summed E-state index contributed by atoms with van der Waals surface area (Å²) in [4.78, 5) is 23.3. The standard InChI is InChI=1S/C15H20ClNO3/c1-10-8-11(6-7-12(10)16)15(5,9-18)17-13(19)20-14(2,3)4/h6-9H,1-5H3,(H,17,19). The number of hydrogen-bond acceptors (Lipinski definition) is 3. The number of carbonyl (C=O) groups excluding carboxylic acids is 2. The van der Waals surface area contributed by atoms with Crippen molar-refractivity contribution in [3.8, 4) is 0 Å². The maximum absolute atomic E-state index is 11.8. The van der Waals surface area contributed by atoms with Crippen LogP contribution in [0.1, 0.15) is 38.8 Å². The van der Waals surface area contributed by atoms with E-state index in [4.69, 9.17) is 16.3 Å². The van der Waals surface area contributed by atoms with Crippen LogP contribution in [0, 0.1) is 6.92 Å². The quantitative estimate of drug-likeness (QED) is 0.868. The van der Waals surface area contributed by atoms with Gasteiger partial charge in [0.15, 0.2) is 0 Å². The fourth-order valence-corrected chi connectivity index (χ4v) is 1.77. The van der Waals surface area contributed by atoms with E-state index in [1.807, 2.05) is 6.92 Å². The third-order valence-corrected chi connectivity index (χ3v) is 3.18. The molecule has 0 saturated carbocycles. The lowest BCUT2D eigenvalue weighted by atomic mass is 9.92. The summed E-state index contributed by atoms with van der Waals surface area (Å²) in [7, 11) is 0. The molecular formula is C15H20ClNO3. The molecule has 1 N–H and O–H groups in total. The van der Waals surface area contributed by atoms with E-state index in [0.717, 1.165) is 5.56 Å².